The first-order chi connectivity index (χ1) is 16.5. The number of carbonyl (C=O) groups excluding carboxylic acids is 2. The van der Waals surface area contributed by atoms with E-state index in [0.717, 1.165) is 24.4 Å². The number of fused-ring (bicyclic) bond motifs is 1. The Morgan fingerprint density at radius 3 is 2.47 bits per heavy atom. The lowest BCUT2D eigenvalue weighted by molar-refractivity contribution is -0.118. The number of imidazole rings is 1. The maximum Gasteiger partial charge on any atom is 0.251 e. The van der Waals surface area contributed by atoms with Gasteiger partial charge in [-0.25, -0.2) is 4.98 Å². The van der Waals surface area contributed by atoms with E-state index in [-0.39, 0.29) is 17.7 Å². The van der Waals surface area contributed by atoms with Crippen LogP contribution in [0.3, 0.4) is 0 Å². The fraction of sp³-hybridized carbons (Fsp3) is 0.370. The molecule has 2 N–H and O–H groups in total. The number of aryl methyl sites for hydroxylation is 1. The van der Waals surface area contributed by atoms with Crippen LogP contribution in [0.5, 0.6) is 5.75 Å². The second-order valence-corrected chi connectivity index (χ2v) is 8.90. The fourth-order valence-electron chi connectivity index (χ4n) is 4.22. The van der Waals surface area contributed by atoms with Gasteiger partial charge >= 0.3 is 0 Å². The second-order valence-electron chi connectivity index (χ2n) is 8.90. The van der Waals surface area contributed by atoms with Crippen molar-refractivity contribution in [2.24, 2.45) is 5.92 Å². The van der Waals surface area contributed by atoms with Gasteiger partial charge in [0.15, 0.2) is 0 Å². The fourth-order valence-corrected chi connectivity index (χ4v) is 4.22. The molecule has 2 heterocycles. The molecule has 1 unspecified atom stereocenters. The van der Waals surface area contributed by atoms with Crippen molar-refractivity contribution < 1.29 is 14.3 Å². The molecule has 0 saturated heterocycles. The maximum atomic E-state index is 13.0. The number of anilines is 1. The Labute approximate surface area is 200 Å². The molecule has 4 rings (SSSR count). The molecule has 0 fully saturated rings. The van der Waals surface area contributed by atoms with Gasteiger partial charge in [0.25, 0.3) is 5.91 Å². The minimum absolute atomic E-state index is 0.0811. The van der Waals surface area contributed by atoms with E-state index >= 15 is 0 Å². The number of carbonyl (C=O) groups is 2. The SMILES string of the molecule is CCOc1ccc(C(=O)NC(C(=O)Nc2ccc(-c3ncc4n3CCCC4)cc2)C(C)C)cc1. The third-order valence-corrected chi connectivity index (χ3v) is 6.08. The van der Waals surface area contributed by atoms with Crippen LogP contribution >= 0.6 is 0 Å². The van der Waals surface area contributed by atoms with Crippen molar-refractivity contribution in [3.8, 4) is 17.1 Å². The van der Waals surface area contributed by atoms with E-state index in [9.17, 15) is 9.59 Å². The molecular weight excluding hydrogens is 428 g/mol. The Morgan fingerprint density at radius 1 is 1.06 bits per heavy atom. The van der Waals surface area contributed by atoms with E-state index in [1.54, 1.807) is 24.3 Å². The van der Waals surface area contributed by atoms with Crippen molar-refractivity contribution in [3.05, 3.63) is 66.0 Å². The summed E-state index contributed by atoms with van der Waals surface area (Å²) in [6, 6.07) is 13.9. The van der Waals surface area contributed by atoms with Gasteiger partial charge < -0.3 is 19.9 Å². The number of aromatic nitrogens is 2. The number of benzene rings is 2. The van der Waals surface area contributed by atoms with Crippen molar-refractivity contribution >= 4 is 17.5 Å². The van der Waals surface area contributed by atoms with E-state index in [0.29, 0.717) is 23.6 Å². The summed E-state index contributed by atoms with van der Waals surface area (Å²) in [6.07, 6.45) is 5.41. The molecule has 7 nitrogen and oxygen atoms in total. The number of amides is 2. The summed E-state index contributed by atoms with van der Waals surface area (Å²) < 4.78 is 7.70. The van der Waals surface area contributed by atoms with Gasteiger partial charge in [0, 0.05) is 35.2 Å². The van der Waals surface area contributed by atoms with Crippen LogP contribution < -0.4 is 15.4 Å². The summed E-state index contributed by atoms with van der Waals surface area (Å²) in [7, 11) is 0. The number of nitrogens with zero attached hydrogens (tertiary/aromatic N) is 2. The Morgan fingerprint density at radius 2 is 1.79 bits per heavy atom. The molecule has 1 aliphatic heterocycles. The number of rotatable bonds is 8. The van der Waals surface area contributed by atoms with Crippen LogP contribution in [0.4, 0.5) is 5.69 Å². The lowest BCUT2D eigenvalue weighted by atomic mass is 10.0. The molecule has 178 valence electrons. The smallest absolute Gasteiger partial charge is 0.251 e. The Kier molecular flexibility index (Phi) is 7.30. The summed E-state index contributed by atoms with van der Waals surface area (Å²) in [5, 5.41) is 5.81. The molecule has 0 radical (unpaired) electrons. The van der Waals surface area contributed by atoms with Gasteiger partial charge in [-0.1, -0.05) is 13.8 Å². The van der Waals surface area contributed by atoms with Crippen LogP contribution in [0.15, 0.2) is 54.7 Å². The molecule has 1 aliphatic rings. The van der Waals surface area contributed by atoms with Gasteiger partial charge in [0.2, 0.25) is 5.91 Å². The monoisotopic (exact) mass is 460 g/mol. The van der Waals surface area contributed by atoms with Gasteiger partial charge in [-0.15, -0.1) is 0 Å². The first-order valence-corrected chi connectivity index (χ1v) is 12.0. The van der Waals surface area contributed by atoms with Crippen molar-refractivity contribution in [2.75, 3.05) is 11.9 Å². The lowest BCUT2D eigenvalue weighted by Gasteiger charge is -2.22. The number of nitrogens with one attached hydrogen (secondary N) is 2. The predicted molar refractivity (Wildman–Crippen MR) is 133 cm³/mol. The van der Waals surface area contributed by atoms with Crippen LogP contribution in [0.1, 0.15) is 49.7 Å². The van der Waals surface area contributed by atoms with Gasteiger partial charge in [0.1, 0.15) is 17.6 Å². The van der Waals surface area contributed by atoms with Crippen molar-refractivity contribution in [2.45, 2.75) is 52.6 Å². The highest BCUT2D eigenvalue weighted by atomic mass is 16.5. The minimum Gasteiger partial charge on any atom is -0.494 e. The van der Waals surface area contributed by atoms with E-state index in [1.807, 2.05) is 51.2 Å². The van der Waals surface area contributed by atoms with Gasteiger partial charge in [-0.2, -0.15) is 0 Å². The summed E-state index contributed by atoms with van der Waals surface area (Å²) in [5.41, 5.74) is 3.46. The van der Waals surface area contributed by atoms with Crippen LogP contribution in [0, 0.1) is 5.92 Å². The first kappa shape index (κ1) is 23.5. The summed E-state index contributed by atoms with van der Waals surface area (Å²) >= 11 is 0. The van der Waals surface area contributed by atoms with Crippen LogP contribution in [0.25, 0.3) is 11.4 Å². The molecule has 2 amide bonds. The highest BCUT2D eigenvalue weighted by Gasteiger charge is 2.25. The highest BCUT2D eigenvalue weighted by molar-refractivity contribution is 6.01. The van der Waals surface area contributed by atoms with E-state index in [2.05, 4.69) is 20.2 Å². The quantitative estimate of drug-likeness (QED) is 0.511. The maximum absolute atomic E-state index is 13.0. The topological polar surface area (TPSA) is 85.2 Å². The molecule has 2 aromatic carbocycles. The number of hydrogen-bond donors (Lipinski definition) is 2. The highest BCUT2D eigenvalue weighted by Crippen LogP contribution is 2.25. The summed E-state index contributed by atoms with van der Waals surface area (Å²) in [4.78, 5) is 30.3. The van der Waals surface area contributed by atoms with E-state index < -0.39 is 6.04 Å². The summed E-state index contributed by atoms with van der Waals surface area (Å²) in [6.45, 7) is 7.28. The largest absolute Gasteiger partial charge is 0.494 e. The van der Waals surface area contributed by atoms with Crippen molar-refractivity contribution in [1.82, 2.24) is 14.9 Å². The molecule has 1 atom stereocenters. The molecule has 7 heteroatoms. The van der Waals surface area contributed by atoms with Crippen LogP contribution in [-0.2, 0) is 17.8 Å². The average Bonchev–Trinajstić information content (AvgIpc) is 3.27. The van der Waals surface area contributed by atoms with Gasteiger partial charge in [0.05, 0.1) is 6.61 Å². The first-order valence-electron chi connectivity index (χ1n) is 12.0. The normalized spacial score (nSPS) is 13.8. The number of hydrogen-bond acceptors (Lipinski definition) is 4. The Balaban J connectivity index is 1.41. The third kappa shape index (κ3) is 5.30. The molecule has 0 saturated carbocycles. The van der Waals surface area contributed by atoms with E-state index in [1.165, 1.54) is 18.5 Å². The molecular formula is C27H32N4O3. The lowest BCUT2D eigenvalue weighted by Crippen LogP contribution is -2.47. The van der Waals surface area contributed by atoms with E-state index in [4.69, 9.17) is 4.74 Å². The standard InChI is InChI=1S/C27H32N4O3/c1-4-34-23-14-10-20(11-15-23)26(32)30-24(18(2)3)27(33)29-21-12-8-19(9-13-21)25-28-17-22-7-5-6-16-31(22)25/h8-15,17-18,24H,4-7,16H2,1-3H3,(H,29,33)(H,30,32). The number of ether oxygens (including phenoxy) is 1. The molecule has 1 aromatic heterocycles. The third-order valence-electron chi connectivity index (χ3n) is 6.08. The minimum atomic E-state index is -0.668. The zero-order valence-corrected chi connectivity index (χ0v) is 20.0. The molecule has 3 aromatic rings. The molecule has 34 heavy (non-hydrogen) atoms. The average molecular weight is 461 g/mol. The predicted octanol–water partition coefficient (Wildman–Crippen LogP) is 4.68. The van der Waals surface area contributed by atoms with Crippen LogP contribution in [0.2, 0.25) is 0 Å². The summed E-state index contributed by atoms with van der Waals surface area (Å²) in [5.74, 6) is 1.05. The second kappa shape index (κ2) is 10.5. The van der Waals surface area contributed by atoms with Gasteiger partial charge in [-0.05, 0) is 80.6 Å². The van der Waals surface area contributed by atoms with Crippen molar-refractivity contribution in [3.63, 3.8) is 0 Å². The zero-order chi connectivity index (χ0) is 24.1. The Bertz CT molecular complexity index is 1130. The zero-order valence-electron chi connectivity index (χ0n) is 20.0. The molecule has 0 spiro atoms. The molecule has 0 aliphatic carbocycles. The Hall–Kier alpha value is -3.61. The van der Waals surface area contributed by atoms with Gasteiger partial charge in [-0.3, -0.25) is 9.59 Å². The van der Waals surface area contributed by atoms with Crippen LogP contribution in [-0.4, -0.2) is 34.0 Å². The molecule has 0 bridgehead atoms. The van der Waals surface area contributed by atoms with Crippen molar-refractivity contribution in [1.29, 1.82) is 0 Å².